The third-order valence-electron chi connectivity index (χ3n) is 3.07. The number of amides is 1. The Hall–Kier alpha value is -2.86. The Labute approximate surface area is 129 Å². The summed E-state index contributed by atoms with van der Waals surface area (Å²) in [6.07, 6.45) is 1.19. The highest BCUT2D eigenvalue weighted by atomic mass is 32.1. The zero-order valence-corrected chi connectivity index (χ0v) is 12.1. The highest BCUT2D eigenvalue weighted by molar-refractivity contribution is 7.16. The summed E-state index contributed by atoms with van der Waals surface area (Å²) in [5, 5.41) is 12.4. The molecule has 0 unspecified atom stereocenters. The highest BCUT2D eigenvalue weighted by Crippen LogP contribution is 2.34. The summed E-state index contributed by atoms with van der Waals surface area (Å²) in [5.74, 6) is -0.236. The lowest BCUT2D eigenvalue weighted by atomic mass is 10.0. The van der Waals surface area contributed by atoms with Gasteiger partial charge in [-0.05, 0) is 29.8 Å². The molecule has 0 bridgehead atoms. The van der Waals surface area contributed by atoms with E-state index in [1.807, 2.05) is 0 Å². The van der Waals surface area contributed by atoms with Gasteiger partial charge in [0, 0.05) is 17.3 Å². The van der Waals surface area contributed by atoms with Crippen LogP contribution in [-0.2, 0) is 4.79 Å². The minimum absolute atomic E-state index is 0.0589. The zero-order chi connectivity index (χ0) is 15.7. The van der Waals surface area contributed by atoms with Gasteiger partial charge in [0.1, 0.15) is 5.75 Å². The number of phenolic OH excluding ortho intramolecular Hbond substituents is 1. The van der Waals surface area contributed by atoms with Gasteiger partial charge < -0.3 is 14.8 Å². The molecule has 2 N–H and O–H groups in total. The van der Waals surface area contributed by atoms with Crippen LogP contribution in [0.2, 0.25) is 0 Å². The van der Waals surface area contributed by atoms with Crippen LogP contribution < -0.4 is 10.3 Å². The Morgan fingerprint density at radius 2 is 2.00 bits per heavy atom. The number of rotatable bonds is 3. The number of phenols is 1. The number of aromatic hydroxyl groups is 1. The Balaban J connectivity index is 2.05. The molecule has 3 rings (SSSR count). The molecule has 0 atom stereocenters. The fourth-order valence-electron chi connectivity index (χ4n) is 2.10. The number of carbonyl (C=O) groups is 1. The summed E-state index contributed by atoms with van der Waals surface area (Å²) in [6, 6.07) is 10.0. The van der Waals surface area contributed by atoms with Crippen LogP contribution in [0.4, 0.5) is 5.69 Å². The smallest absolute Gasteiger partial charge is 0.396 e. The average molecular weight is 313 g/mol. The SMILES string of the molecule is C=CC(=O)Nc1ccc(-c2cc(O)cc3sc(=O)oc23)cc1. The molecule has 110 valence electrons. The topological polar surface area (TPSA) is 79.5 Å². The average Bonchev–Trinajstić information content (AvgIpc) is 2.87. The van der Waals surface area contributed by atoms with Crippen LogP contribution in [0.3, 0.4) is 0 Å². The van der Waals surface area contributed by atoms with Gasteiger partial charge in [0.2, 0.25) is 5.91 Å². The van der Waals surface area contributed by atoms with Gasteiger partial charge in [-0.15, -0.1) is 0 Å². The van der Waals surface area contributed by atoms with E-state index >= 15 is 0 Å². The van der Waals surface area contributed by atoms with Gasteiger partial charge in [0.15, 0.2) is 5.58 Å². The Kier molecular flexibility index (Phi) is 3.52. The molecule has 22 heavy (non-hydrogen) atoms. The normalized spacial score (nSPS) is 10.5. The van der Waals surface area contributed by atoms with Gasteiger partial charge in [-0.25, -0.2) is 4.79 Å². The van der Waals surface area contributed by atoms with Crippen molar-refractivity contribution >= 4 is 33.2 Å². The third kappa shape index (κ3) is 2.64. The number of fused-ring (bicyclic) bond motifs is 1. The first-order valence-corrected chi connectivity index (χ1v) is 7.19. The van der Waals surface area contributed by atoms with Crippen LogP contribution in [0.15, 0.2) is 58.3 Å². The minimum Gasteiger partial charge on any atom is -0.508 e. The van der Waals surface area contributed by atoms with Crippen LogP contribution in [-0.4, -0.2) is 11.0 Å². The molecule has 0 saturated carbocycles. The molecule has 0 fully saturated rings. The monoisotopic (exact) mass is 313 g/mol. The lowest BCUT2D eigenvalue weighted by Crippen LogP contribution is -2.06. The molecule has 0 aliphatic carbocycles. The van der Waals surface area contributed by atoms with Crippen molar-refractivity contribution in [2.24, 2.45) is 0 Å². The maximum Gasteiger partial charge on any atom is 0.396 e. The molecule has 5 nitrogen and oxygen atoms in total. The van der Waals surface area contributed by atoms with Crippen molar-refractivity contribution in [3.8, 4) is 16.9 Å². The molecule has 3 aromatic rings. The second-order valence-electron chi connectivity index (χ2n) is 4.55. The standard InChI is InChI=1S/C16H11NO4S/c1-2-14(19)17-10-5-3-9(4-6-10)12-7-11(18)8-13-15(12)21-16(20)22-13/h2-8,18H,1H2,(H,17,19). The van der Waals surface area contributed by atoms with E-state index in [0.29, 0.717) is 21.5 Å². The van der Waals surface area contributed by atoms with Crippen molar-refractivity contribution < 1.29 is 14.3 Å². The van der Waals surface area contributed by atoms with Crippen molar-refractivity contribution in [2.45, 2.75) is 0 Å². The van der Waals surface area contributed by atoms with E-state index in [1.165, 1.54) is 18.2 Å². The predicted molar refractivity (Wildman–Crippen MR) is 86.3 cm³/mol. The van der Waals surface area contributed by atoms with Crippen molar-refractivity contribution in [3.63, 3.8) is 0 Å². The first-order valence-electron chi connectivity index (χ1n) is 6.37. The maximum absolute atomic E-state index is 11.4. The van der Waals surface area contributed by atoms with Crippen LogP contribution in [0.1, 0.15) is 0 Å². The number of benzene rings is 2. The van der Waals surface area contributed by atoms with Crippen LogP contribution >= 0.6 is 11.3 Å². The molecule has 1 amide bonds. The van der Waals surface area contributed by atoms with Gasteiger partial charge in [0.25, 0.3) is 0 Å². The summed E-state index contributed by atoms with van der Waals surface area (Å²) in [4.78, 5) is 22.2. The summed E-state index contributed by atoms with van der Waals surface area (Å²) in [6.45, 7) is 3.39. The maximum atomic E-state index is 11.4. The van der Waals surface area contributed by atoms with Gasteiger partial charge >= 0.3 is 4.94 Å². The van der Waals surface area contributed by atoms with Crippen LogP contribution in [0, 0.1) is 0 Å². The minimum atomic E-state index is -0.420. The molecule has 0 saturated heterocycles. The summed E-state index contributed by atoms with van der Waals surface area (Å²) < 4.78 is 5.78. The van der Waals surface area contributed by atoms with E-state index in [9.17, 15) is 14.7 Å². The highest BCUT2D eigenvalue weighted by Gasteiger charge is 2.12. The van der Waals surface area contributed by atoms with E-state index in [2.05, 4.69) is 11.9 Å². The fraction of sp³-hybridized carbons (Fsp3) is 0. The van der Waals surface area contributed by atoms with E-state index < -0.39 is 4.94 Å². The van der Waals surface area contributed by atoms with Crippen LogP contribution in [0.5, 0.6) is 5.75 Å². The van der Waals surface area contributed by atoms with Crippen LogP contribution in [0.25, 0.3) is 21.4 Å². The van der Waals surface area contributed by atoms with Crippen molar-refractivity contribution in [1.82, 2.24) is 0 Å². The molecule has 1 aromatic heterocycles. The molecular formula is C16H11NO4S. The van der Waals surface area contributed by atoms with E-state index in [0.717, 1.165) is 16.9 Å². The molecule has 0 aliphatic heterocycles. The molecule has 0 radical (unpaired) electrons. The summed E-state index contributed by atoms with van der Waals surface area (Å²) in [5.41, 5.74) is 2.45. The Morgan fingerprint density at radius 3 is 2.68 bits per heavy atom. The summed E-state index contributed by atoms with van der Waals surface area (Å²) >= 11 is 0.939. The largest absolute Gasteiger partial charge is 0.508 e. The quantitative estimate of drug-likeness (QED) is 0.727. The second-order valence-corrected chi connectivity index (χ2v) is 5.52. The van der Waals surface area contributed by atoms with Gasteiger partial charge in [-0.2, -0.15) is 0 Å². The lowest BCUT2D eigenvalue weighted by molar-refractivity contribution is -0.111. The summed E-state index contributed by atoms with van der Waals surface area (Å²) in [7, 11) is 0. The third-order valence-corrected chi connectivity index (χ3v) is 3.84. The molecule has 6 heteroatoms. The molecular weight excluding hydrogens is 302 g/mol. The first-order chi connectivity index (χ1) is 10.6. The van der Waals surface area contributed by atoms with E-state index in [-0.39, 0.29) is 11.7 Å². The van der Waals surface area contributed by atoms with Crippen molar-refractivity contribution in [3.05, 3.63) is 58.8 Å². The van der Waals surface area contributed by atoms with E-state index in [1.54, 1.807) is 24.3 Å². The van der Waals surface area contributed by atoms with Gasteiger partial charge in [0.05, 0.1) is 4.70 Å². The molecule has 1 heterocycles. The second kappa shape index (κ2) is 5.50. The van der Waals surface area contributed by atoms with Gasteiger partial charge in [-0.1, -0.05) is 30.0 Å². The Morgan fingerprint density at radius 1 is 1.27 bits per heavy atom. The number of anilines is 1. The molecule has 0 spiro atoms. The Bertz CT molecular complexity index is 921. The molecule has 2 aromatic carbocycles. The number of nitrogens with one attached hydrogen (secondary N) is 1. The first kappa shape index (κ1) is 14.1. The van der Waals surface area contributed by atoms with Crippen molar-refractivity contribution in [2.75, 3.05) is 5.32 Å². The number of hydrogen-bond acceptors (Lipinski definition) is 5. The number of hydrogen-bond donors (Lipinski definition) is 2. The zero-order valence-electron chi connectivity index (χ0n) is 11.3. The van der Waals surface area contributed by atoms with Crippen molar-refractivity contribution in [1.29, 1.82) is 0 Å². The van der Waals surface area contributed by atoms with E-state index in [4.69, 9.17) is 4.42 Å². The molecule has 0 aliphatic rings. The number of carbonyl (C=O) groups excluding carboxylic acids is 1. The lowest BCUT2D eigenvalue weighted by Gasteiger charge is -2.06. The van der Waals surface area contributed by atoms with Gasteiger partial charge in [-0.3, -0.25) is 4.79 Å². The predicted octanol–water partition coefficient (Wildman–Crippen LogP) is 3.35. The fourth-order valence-corrected chi connectivity index (χ4v) is 2.83.